The van der Waals surface area contributed by atoms with Gasteiger partial charge in [0.25, 0.3) is 5.56 Å². The van der Waals surface area contributed by atoms with Crippen LogP contribution in [-0.4, -0.2) is 74.2 Å². The van der Waals surface area contributed by atoms with E-state index in [4.69, 9.17) is 9.79 Å². The van der Waals surface area contributed by atoms with Crippen molar-refractivity contribution in [2.75, 3.05) is 6.61 Å². The average Bonchev–Trinajstić information content (AvgIpc) is 2.71. The summed E-state index contributed by atoms with van der Waals surface area (Å²) in [4.78, 5) is 70.3. The Kier molecular flexibility index (Phi) is 7.74. The Balaban J connectivity index is 2.14. The minimum atomic E-state index is -5.34. The van der Waals surface area contributed by atoms with Gasteiger partial charge >= 0.3 is 21.3 Å². The lowest BCUT2D eigenvalue weighted by Gasteiger charge is -2.29. The minimum absolute atomic E-state index is 0.261. The van der Waals surface area contributed by atoms with Crippen LogP contribution in [0.5, 0.6) is 0 Å². The number of H-pyrrole nitrogens is 1. The van der Waals surface area contributed by atoms with Crippen molar-refractivity contribution in [2.45, 2.75) is 38.7 Å². The Morgan fingerprint density at radius 1 is 1.00 bits per heavy atom. The molecule has 18 heteroatoms. The van der Waals surface area contributed by atoms with Gasteiger partial charge in [-0.15, -0.1) is 0 Å². The van der Waals surface area contributed by atoms with Crippen LogP contribution in [-0.2, 0) is 24.7 Å². The number of rotatable bonds is 9. The van der Waals surface area contributed by atoms with Gasteiger partial charge in [-0.3, -0.25) is 18.8 Å². The van der Waals surface area contributed by atoms with Crippen LogP contribution in [0.25, 0.3) is 22.6 Å². The molecule has 0 saturated carbocycles. The lowest BCUT2D eigenvalue weighted by molar-refractivity contribution is -0.0756. The molecule has 16 nitrogen and oxygen atoms in total. The van der Waals surface area contributed by atoms with Gasteiger partial charge in [-0.2, -0.15) is 4.98 Å². The first-order chi connectivity index (χ1) is 16.1. The largest absolute Gasteiger partial charge is 0.470 e. The van der Waals surface area contributed by atoms with E-state index in [0.717, 1.165) is 11.1 Å². The number of hydrogen-bond donors (Lipinski definition) is 7. The zero-order chi connectivity index (χ0) is 26.3. The molecule has 7 N–H and O–H groups in total. The van der Waals surface area contributed by atoms with E-state index < -0.39 is 58.4 Å². The van der Waals surface area contributed by atoms with Gasteiger partial charge in [0.05, 0.1) is 24.2 Å². The predicted molar refractivity (Wildman–Crippen MR) is 117 cm³/mol. The van der Waals surface area contributed by atoms with E-state index >= 15 is 0 Å². The van der Waals surface area contributed by atoms with Crippen molar-refractivity contribution in [1.82, 2.24) is 19.5 Å². The first-order valence-corrected chi connectivity index (χ1v) is 12.8. The third-order valence-corrected chi connectivity index (χ3v) is 6.03. The van der Waals surface area contributed by atoms with Crippen LogP contribution < -0.4 is 11.2 Å². The Bertz CT molecular complexity index is 1430. The maximum absolute atomic E-state index is 12.4. The zero-order valence-electron chi connectivity index (χ0n) is 18.2. The van der Waals surface area contributed by atoms with Crippen LogP contribution in [0.4, 0.5) is 0 Å². The van der Waals surface area contributed by atoms with Crippen molar-refractivity contribution < 1.29 is 48.0 Å². The fraction of sp³-hybridized carbons (Fsp3) is 0.412. The van der Waals surface area contributed by atoms with Crippen molar-refractivity contribution in [2.24, 2.45) is 0 Å². The number of aromatic amines is 1. The first-order valence-electron chi connectivity index (χ1n) is 9.78. The number of hydrogen-bond acceptors (Lipinski definition) is 10. The number of nitrogens with one attached hydrogen (secondary N) is 1. The number of aryl methyl sites for hydroxylation is 2. The molecule has 1 aromatic carbocycles. The van der Waals surface area contributed by atoms with Crippen LogP contribution in [0, 0.1) is 13.8 Å². The van der Waals surface area contributed by atoms with Crippen LogP contribution in [0.2, 0.25) is 0 Å². The van der Waals surface area contributed by atoms with Gasteiger partial charge in [0.15, 0.2) is 11.5 Å². The number of fused-ring (bicyclic) bond motifs is 2. The maximum atomic E-state index is 12.4. The van der Waals surface area contributed by atoms with Crippen LogP contribution in [0.3, 0.4) is 0 Å². The van der Waals surface area contributed by atoms with E-state index in [1.807, 2.05) is 4.98 Å². The van der Waals surface area contributed by atoms with Crippen LogP contribution in [0.1, 0.15) is 11.1 Å². The number of nitrogens with zero attached hydrogens (tertiary/aromatic N) is 3. The highest BCUT2D eigenvalue weighted by molar-refractivity contribution is 7.46. The fourth-order valence-electron chi connectivity index (χ4n) is 3.35. The lowest BCUT2D eigenvalue weighted by Crippen LogP contribution is -2.44. The molecule has 0 bridgehead atoms. The van der Waals surface area contributed by atoms with Gasteiger partial charge in [-0.25, -0.2) is 18.9 Å². The maximum Gasteiger partial charge on any atom is 0.470 e. The van der Waals surface area contributed by atoms with E-state index in [9.17, 15) is 38.7 Å². The van der Waals surface area contributed by atoms with E-state index in [-0.39, 0.29) is 22.6 Å². The van der Waals surface area contributed by atoms with E-state index in [1.54, 1.807) is 26.0 Å². The van der Waals surface area contributed by atoms with Gasteiger partial charge in [-0.1, -0.05) is 0 Å². The quantitative estimate of drug-likeness (QED) is 0.121. The monoisotopic (exact) mass is 536 g/mol. The predicted octanol–water partition coefficient (Wildman–Crippen LogP) is -1.49. The normalized spacial score (nSPS) is 15.4. The van der Waals surface area contributed by atoms with Gasteiger partial charge in [-0.05, 0) is 37.1 Å². The lowest BCUT2D eigenvalue weighted by atomic mass is 10.1. The van der Waals surface area contributed by atoms with E-state index in [1.165, 1.54) is 4.57 Å². The summed E-state index contributed by atoms with van der Waals surface area (Å²) in [5, 5.41) is 21.0. The second-order valence-corrected chi connectivity index (χ2v) is 10.1. The van der Waals surface area contributed by atoms with E-state index in [0.29, 0.717) is 0 Å². The summed E-state index contributed by atoms with van der Waals surface area (Å²) >= 11 is 0. The van der Waals surface area contributed by atoms with Gasteiger partial charge in [0, 0.05) is 0 Å². The van der Waals surface area contributed by atoms with Gasteiger partial charge in [0.2, 0.25) is 0 Å². The van der Waals surface area contributed by atoms with Crippen molar-refractivity contribution in [1.29, 1.82) is 0 Å². The van der Waals surface area contributed by atoms with E-state index in [2.05, 4.69) is 19.0 Å². The summed E-state index contributed by atoms with van der Waals surface area (Å²) in [6.07, 6.45) is -6.23. The smallest absolute Gasteiger partial charge is 0.388 e. The number of phosphoric acid groups is 2. The summed E-state index contributed by atoms with van der Waals surface area (Å²) < 4.78 is 32.2. The van der Waals surface area contributed by atoms with Gasteiger partial charge < -0.3 is 34.4 Å². The molecule has 0 saturated heterocycles. The molecule has 0 fully saturated rings. The highest BCUT2D eigenvalue weighted by Gasteiger charge is 2.36. The van der Waals surface area contributed by atoms with Crippen molar-refractivity contribution in [3.63, 3.8) is 0 Å². The number of aliphatic hydroxyl groups is 2. The molecule has 0 radical (unpaired) electrons. The molecule has 35 heavy (non-hydrogen) atoms. The Labute approximate surface area is 195 Å². The average molecular weight is 536 g/mol. The first kappa shape index (κ1) is 27.2. The molecule has 1 aromatic rings. The SMILES string of the molecule is Cc1cc2nc3c(=O)[nH]c(=O)nc-3n(C[C@@H](O)[C@@H](OP(=O)(O)O)[C@@H](O)COP(=O)(O)O)c2cc1C. The van der Waals surface area contributed by atoms with Crippen molar-refractivity contribution in [3.05, 3.63) is 44.1 Å². The molecular formula is C17H22N4O12P2. The second kappa shape index (κ2) is 9.95. The molecular weight excluding hydrogens is 514 g/mol. The molecule has 0 aliphatic carbocycles. The minimum Gasteiger partial charge on any atom is -0.388 e. The molecule has 2 aliphatic heterocycles. The number of aromatic nitrogens is 4. The molecule has 0 aromatic heterocycles. The van der Waals surface area contributed by atoms with Crippen molar-refractivity contribution in [3.8, 4) is 11.5 Å². The molecule has 0 spiro atoms. The topological polar surface area (TPSA) is 255 Å². The van der Waals surface area contributed by atoms with Gasteiger partial charge in [0.1, 0.15) is 18.3 Å². The van der Waals surface area contributed by atoms with Crippen LogP contribution in [0.15, 0.2) is 21.7 Å². The Morgan fingerprint density at radius 3 is 2.23 bits per heavy atom. The molecule has 0 unspecified atom stereocenters. The molecule has 3 rings (SSSR count). The van der Waals surface area contributed by atoms with Crippen LogP contribution >= 0.6 is 15.6 Å². The molecule has 3 atom stereocenters. The Hall–Kier alpha value is -2.36. The zero-order valence-corrected chi connectivity index (χ0v) is 20.0. The molecule has 0 amide bonds. The summed E-state index contributed by atoms with van der Waals surface area (Å²) in [5.74, 6) is -0.274. The summed E-state index contributed by atoms with van der Waals surface area (Å²) in [5.41, 5.74) is -0.0773. The number of phosphoric ester groups is 2. The Morgan fingerprint density at radius 2 is 1.63 bits per heavy atom. The number of benzene rings is 1. The number of aliphatic hydroxyl groups excluding tert-OH is 2. The molecule has 192 valence electrons. The highest BCUT2D eigenvalue weighted by atomic mass is 31.2. The standard InChI is InChI=1S/C17H22N4O12P2/c1-7-3-9-10(4-8(7)2)21(15-13(18-9)16(24)20-17(25)19-15)5-11(22)14(33-35(29,30)31)12(23)6-32-34(26,27)28/h3-4,11-12,14,22-23H,5-6H2,1-2H3,(H,20,24,25)(H2,26,27,28)(H2,29,30,31)/t11-,12+,14-/m1/s1. The summed E-state index contributed by atoms with van der Waals surface area (Å²) in [7, 11) is -10.4. The summed E-state index contributed by atoms with van der Waals surface area (Å²) in [6, 6.07) is 3.24. The third kappa shape index (κ3) is 6.65. The highest BCUT2D eigenvalue weighted by Crippen LogP contribution is 2.41. The summed E-state index contributed by atoms with van der Waals surface area (Å²) in [6.45, 7) is 1.73. The molecule has 2 aliphatic rings. The molecule has 2 heterocycles. The fourth-order valence-corrected chi connectivity index (χ4v) is 4.29. The van der Waals surface area contributed by atoms with Crippen molar-refractivity contribution >= 4 is 26.7 Å². The second-order valence-electron chi connectivity index (χ2n) is 7.67. The third-order valence-electron chi connectivity index (χ3n) is 5.02.